The third-order valence-corrected chi connectivity index (χ3v) is 10.0. The van der Waals surface area contributed by atoms with Crippen molar-refractivity contribution in [1.82, 2.24) is 0 Å². The van der Waals surface area contributed by atoms with E-state index in [1.165, 1.54) is 39.0 Å². The lowest BCUT2D eigenvalue weighted by Crippen LogP contribution is -2.71. The highest BCUT2D eigenvalue weighted by molar-refractivity contribution is 5.78. The van der Waals surface area contributed by atoms with Crippen LogP contribution in [-0.2, 0) is 61.9 Å². The number of hydrogen-bond acceptors (Lipinski definition) is 14. The summed E-state index contributed by atoms with van der Waals surface area (Å²) < 4.78 is 41.3. The van der Waals surface area contributed by atoms with Gasteiger partial charge in [0.15, 0.2) is 11.7 Å². The Morgan fingerprint density at radius 1 is 0.900 bits per heavy atom. The highest BCUT2D eigenvalue weighted by Crippen LogP contribution is 2.62. The van der Waals surface area contributed by atoms with Gasteiger partial charge in [0.1, 0.15) is 36.6 Å². The zero-order chi connectivity index (χ0) is 37.3. The summed E-state index contributed by atoms with van der Waals surface area (Å²) in [5, 5.41) is 12.9. The lowest BCUT2D eigenvalue weighted by atomic mass is 9.52. The molecule has 10 atom stereocenters. The van der Waals surface area contributed by atoms with Crippen LogP contribution in [-0.4, -0.2) is 95.9 Å². The van der Waals surface area contributed by atoms with E-state index >= 15 is 0 Å². The summed E-state index contributed by atoms with van der Waals surface area (Å²) in [5.41, 5.74) is -5.06. The molecule has 2 aliphatic carbocycles. The van der Waals surface area contributed by atoms with Crippen LogP contribution in [0, 0.1) is 29.1 Å². The Kier molecular flexibility index (Phi) is 11.6. The monoisotopic (exact) mass is 706 g/mol. The van der Waals surface area contributed by atoms with E-state index in [1.54, 1.807) is 6.92 Å². The fourth-order valence-electron chi connectivity index (χ4n) is 7.64. The second-order valence-electron chi connectivity index (χ2n) is 14.9. The van der Waals surface area contributed by atoms with Crippen LogP contribution in [0.1, 0.15) is 81.6 Å². The van der Waals surface area contributed by atoms with Crippen molar-refractivity contribution in [1.29, 1.82) is 0 Å². The number of fused-ring (bicyclic) bond motifs is 3. The summed E-state index contributed by atoms with van der Waals surface area (Å²) in [5.74, 6) is -6.71. The van der Waals surface area contributed by atoms with E-state index in [9.17, 15) is 33.9 Å². The van der Waals surface area contributed by atoms with Gasteiger partial charge in [0, 0.05) is 46.0 Å². The SMILES string of the molecule is CC(=O)O[C@H]1C=CC(COC(=O)CC(C)C)=C[C@@H]2OC(=O)[C@H](C)[C@@]2(O)[C@@H](OC(C)=O)[C@H]2[C@@]3(CO3)[C@H](OC(C)=O)C[C@H](OC(=O)CC(C)C)[C@]12C. The van der Waals surface area contributed by atoms with Crippen LogP contribution in [0.4, 0.5) is 0 Å². The fourth-order valence-corrected chi connectivity index (χ4v) is 7.64. The third kappa shape index (κ3) is 7.75. The Morgan fingerprint density at radius 3 is 2.02 bits per heavy atom. The first kappa shape index (κ1) is 39.0. The number of hydrogen-bond donors (Lipinski definition) is 1. The molecule has 0 aromatic rings. The molecular formula is C36H50O14. The zero-order valence-corrected chi connectivity index (χ0v) is 30.2. The average Bonchev–Trinajstić information content (AvgIpc) is 3.73. The summed E-state index contributed by atoms with van der Waals surface area (Å²) in [6, 6.07) is 0. The number of aliphatic hydroxyl groups is 1. The molecule has 4 rings (SSSR count). The Labute approximate surface area is 292 Å². The van der Waals surface area contributed by atoms with Crippen molar-refractivity contribution >= 4 is 35.8 Å². The van der Waals surface area contributed by atoms with Gasteiger partial charge in [0.05, 0.1) is 17.9 Å². The van der Waals surface area contributed by atoms with Gasteiger partial charge in [-0.3, -0.25) is 28.8 Å². The lowest BCUT2D eigenvalue weighted by molar-refractivity contribution is -0.252. The predicted molar refractivity (Wildman–Crippen MR) is 173 cm³/mol. The Morgan fingerprint density at radius 2 is 1.48 bits per heavy atom. The van der Waals surface area contributed by atoms with Gasteiger partial charge in [-0.25, -0.2) is 0 Å². The van der Waals surface area contributed by atoms with E-state index < -0.39 is 94.8 Å². The quantitative estimate of drug-likeness (QED) is 0.198. The van der Waals surface area contributed by atoms with Crippen molar-refractivity contribution in [3.8, 4) is 0 Å². The van der Waals surface area contributed by atoms with Gasteiger partial charge in [-0.2, -0.15) is 0 Å². The molecule has 278 valence electrons. The second kappa shape index (κ2) is 14.8. The minimum absolute atomic E-state index is 0.0157. The van der Waals surface area contributed by atoms with Crippen LogP contribution in [0.3, 0.4) is 0 Å². The normalized spacial score (nSPS) is 36.0. The van der Waals surface area contributed by atoms with E-state index in [1.807, 2.05) is 27.7 Å². The smallest absolute Gasteiger partial charge is 0.312 e. The highest BCUT2D eigenvalue weighted by atomic mass is 16.6. The summed E-state index contributed by atoms with van der Waals surface area (Å²) in [7, 11) is 0. The topological polar surface area (TPSA) is 191 Å². The van der Waals surface area contributed by atoms with Crippen LogP contribution in [0.15, 0.2) is 23.8 Å². The molecule has 4 aliphatic rings. The molecule has 0 bridgehead atoms. The van der Waals surface area contributed by atoms with E-state index in [0.29, 0.717) is 0 Å². The van der Waals surface area contributed by atoms with Crippen molar-refractivity contribution in [2.24, 2.45) is 29.1 Å². The molecule has 50 heavy (non-hydrogen) atoms. The van der Waals surface area contributed by atoms with Gasteiger partial charge >= 0.3 is 35.8 Å². The molecule has 1 N–H and O–H groups in total. The molecule has 14 nitrogen and oxygen atoms in total. The molecule has 2 heterocycles. The van der Waals surface area contributed by atoms with E-state index in [-0.39, 0.29) is 49.9 Å². The lowest BCUT2D eigenvalue weighted by Gasteiger charge is -2.57. The molecule has 0 radical (unpaired) electrons. The molecule has 1 spiro atoms. The maximum absolute atomic E-state index is 13.4. The molecule has 1 saturated carbocycles. The number of carbonyl (C=O) groups excluding carboxylic acids is 6. The van der Waals surface area contributed by atoms with Gasteiger partial charge in [-0.05, 0) is 36.5 Å². The predicted octanol–water partition coefficient (Wildman–Crippen LogP) is 2.91. The molecule has 0 unspecified atom stereocenters. The van der Waals surface area contributed by atoms with Crippen molar-refractivity contribution < 1.29 is 67.0 Å². The van der Waals surface area contributed by atoms with E-state index in [4.69, 9.17) is 33.2 Å². The van der Waals surface area contributed by atoms with Gasteiger partial charge in [-0.1, -0.05) is 40.7 Å². The first-order valence-corrected chi connectivity index (χ1v) is 17.1. The third-order valence-electron chi connectivity index (χ3n) is 10.0. The molecule has 3 fully saturated rings. The zero-order valence-electron chi connectivity index (χ0n) is 30.2. The van der Waals surface area contributed by atoms with Crippen molar-refractivity contribution in [2.75, 3.05) is 13.2 Å². The van der Waals surface area contributed by atoms with E-state index in [0.717, 1.165) is 6.92 Å². The molecule has 0 aromatic heterocycles. The number of ether oxygens (including phenoxy) is 7. The summed E-state index contributed by atoms with van der Waals surface area (Å²) in [4.78, 5) is 77.5. The van der Waals surface area contributed by atoms with Crippen LogP contribution >= 0.6 is 0 Å². The highest BCUT2D eigenvalue weighted by Gasteiger charge is 2.78. The van der Waals surface area contributed by atoms with Crippen LogP contribution in [0.25, 0.3) is 0 Å². The first-order chi connectivity index (χ1) is 23.2. The van der Waals surface area contributed by atoms with Gasteiger partial charge in [0.2, 0.25) is 0 Å². The first-order valence-electron chi connectivity index (χ1n) is 17.1. The van der Waals surface area contributed by atoms with Crippen molar-refractivity contribution in [3.05, 3.63) is 23.8 Å². The van der Waals surface area contributed by atoms with Crippen LogP contribution in [0.5, 0.6) is 0 Å². The fraction of sp³-hybridized carbons (Fsp3) is 0.722. The molecule has 0 amide bonds. The molecule has 2 aliphatic heterocycles. The summed E-state index contributed by atoms with van der Waals surface area (Å²) in [6.45, 7) is 13.6. The largest absolute Gasteiger partial charge is 0.461 e. The maximum atomic E-state index is 13.4. The van der Waals surface area contributed by atoms with E-state index in [2.05, 4.69) is 0 Å². The van der Waals surface area contributed by atoms with Crippen molar-refractivity contribution in [3.63, 3.8) is 0 Å². The molecule has 0 aromatic carbocycles. The minimum atomic E-state index is -2.31. The van der Waals surface area contributed by atoms with Crippen molar-refractivity contribution in [2.45, 2.75) is 123 Å². The van der Waals surface area contributed by atoms with Crippen LogP contribution < -0.4 is 0 Å². The summed E-state index contributed by atoms with van der Waals surface area (Å²) >= 11 is 0. The Hall–Kier alpha value is -3.78. The van der Waals surface area contributed by atoms with Gasteiger partial charge in [-0.15, -0.1) is 0 Å². The minimum Gasteiger partial charge on any atom is -0.461 e. The number of carbonyl (C=O) groups is 6. The van der Waals surface area contributed by atoms with Gasteiger partial charge < -0.3 is 38.3 Å². The molecule has 14 heteroatoms. The molecule has 2 saturated heterocycles. The average molecular weight is 707 g/mol. The number of rotatable bonds is 10. The standard InChI is InChI=1S/C36H50O14/c1-18(2)12-29(40)44-16-24-10-11-25(46-21(6)37)34(9)26(49-30(41)13-19(3)4)15-27(47-22(7)38)35(17-45-35)31(34)32(48-23(8)39)36(43)20(5)33(42)50-28(36)14-24/h10-11,14,18-20,25-28,31-32,43H,12-13,15-17H2,1-9H3/t20-,25-,26-,27+,28-,31+,32-,34-,35+,36-/m0/s1. The molecular weight excluding hydrogens is 656 g/mol. The Balaban J connectivity index is 2.03. The maximum Gasteiger partial charge on any atom is 0.312 e. The van der Waals surface area contributed by atoms with Crippen LogP contribution in [0.2, 0.25) is 0 Å². The van der Waals surface area contributed by atoms with Gasteiger partial charge in [0.25, 0.3) is 0 Å². The number of esters is 6. The second-order valence-corrected chi connectivity index (χ2v) is 14.9. The number of epoxide rings is 1. The summed E-state index contributed by atoms with van der Waals surface area (Å²) in [6.07, 6.45) is -2.11. The Bertz CT molecular complexity index is 1430.